The third-order valence-electron chi connectivity index (χ3n) is 4.93. The molecule has 30 heavy (non-hydrogen) atoms. The van der Waals surface area contributed by atoms with Crippen LogP contribution in [-0.4, -0.2) is 22.8 Å². The van der Waals surface area contributed by atoms with Gasteiger partial charge in [0.15, 0.2) is 0 Å². The number of hydrogen-bond donors (Lipinski definition) is 1. The summed E-state index contributed by atoms with van der Waals surface area (Å²) in [7, 11) is -3.69. The van der Waals surface area contributed by atoms with Crippen molar-refractivity contribution in [2.45, 2.75) is 11.8 Å². The second kappa shape index (κ2) is 6.96. The molecule has 3 aromatic carbocycles. The first-order chi connectivity index (χ1) is 14.5. The van der Waals surface area contributed by atoms with Crippen LogP contribution in [0.3, 0.4) is 0 Å². The summed E-state index contributed by atoms with van der Waals surface area (Å²) in [6, 6.07) is 21.8. The lowest BCUT2D eigenvalue weighted by atomic mass is 10.1. The number of aryl methyl sites for hydroxylation is 1. The monoisotopic (exact) mass is 414 g/mol. The van der Waals surface area contributed by atoms with Gasteiger partial charge in [0.1, 0.15) is 0 Å². The zero-order valence-corrected chi connectivity index (χ0v) is 17.0. The van der Waals surface area contributed by atoms with Crippen LogP contribution >= 0.6 is 0 Å². The summed E-state index contributed by atoms with van der Waals surface area (Å²) in [5.74, 6) is 0.631. The SMILES string of the molecule is Cc1ccn2cc(-c3ccc(NS(=O)(=O)c4ccc5ccccc5c4)cc3)nc2n1. The molecule has 1 N–H and O–H groups in total. The number of rotatable bonds is 4. The largest absolute Gasteiger partial charge is 0.291 e. The lowest BCUT2D eigenvalue weighted by Crippen LogP contribution is -2.12. The predicted molar refractivity (Wildman–Crippen MR) is 118 cm³/mol. The van der Waals surface area contributed by atoms with E-state index >= 15 is 0 Å². The molecule has 0 unspecified atom stereocenters. The highest BCUT2D eigenvalue weighted by molar-refractivity contribution is 7.92. The normalized spacial score (nSPS) is 11.8. The average molecular weight is 414 g/mol. The first kappa shape index (κ1) is 18.3. The van der Waals surface area contributed by atoms with E-state index in [9.17, 15) is 8.42 Å². The third-order valence-corrected chi connectivity index (χ3v) is 6.31. The van der Waals surface area contributed by atoms with Crippen LogP contribution in [-0.2, 0) is 10.0 Å². The molecule has 0 aliphatic carbocycles. The number of sulfonamides is 1. The molecule has 0 saturated carbocycles. The van der Waals surface area contributed by atoms with E-state index in [4.69, 9.17) is 0 Å². The second-order valence-electron chi connectivity index (χ2n) is 7.09. The molecule has 0 amide bonds. The van der Waals surface area contributed by atoms with E-state index in [-0.39, 0.29) is 4.90 Å². The van der Waals surface area contributed by atoms with Gasteiger partial charge in [-0.2, -0.15) is 0 Å². The van der Waals surface area contributed by atoms with Gasteiger partial charge in [-0.25, -0.2) is 18.4 Å². The first-order valence-corrected chi connectivity index (χ1v) is 10.9. The smallest absolute Gasteiger partial charge is 0.261 e. The van der Waals surface area contributed by atoms with Gasteiger partial charge < -0.3 is 0 Å². The summed E-state index contributed by atoms with van der Waals surface area (Å²) in [5, 5.41) is 1.88. The van der Waals surface area contributed by atoms with E-state index in [0.717, 1.165) is 27.7 Å². The van der Waals surface area contributed by atoms with E-state index in [0.29, 0.717) is 11.5 Å². The van der Waals surface area contributed by atoms with Crippen LogP contribution in [0.2, 0.25) is 0 Å². The molecule has 0 fully saturated rings. The van der Waals surface area contributed by atoms with Crippen LogP contribution in [0.1, 0.15) is 5.69 Å². The van der Waals surface area contributed by atoms with Crippen LogP contribution in [0.5, 0.6) is 0 Å². The quantitative estimate of drug-likeness (QED) is 0.464. The van der Waals surface area contributed by atoms with Gasteiger partial charge in [-0.3, -0.25) is 9.12 Å². The fourth-order valence-electron chi connectivity index (χ4n) is 3.36. The number of aromatic nitrogens is 3. The molecule has 5 aromatic rings. The van der Waals surface area contributed by atoms with E-state index in [1.54, 1.807) is 24.3 Å². The molecule has 6 nitrogen and oxygen atoms in total. The van der Waals surface area contributed by atoms with Gasteiger partial charge in [0.2, 0.25) is 5.78 Å². The van der Waals surface area contributed by atoms with Crippen molar-refractivity contribution in [3.63, 3.8) is 0 Å². The van der Waals surface area contributed by atoms with Crippen LogP contribution in [0.15, 0.2) is 90.1 Å². The second-order valence-corrected chi connectivity index (χ2v) is 8.78. The molecule has 0 saturated heterocycles. The van der Waals surface area contributed by atoms with Gasteiger partial charge in [0, 0.05) is 29.3 Å². The highest BCUT2D eigenvalue weighted by Crippen LogP contribution is 2.24. The number of fused-ring (bicyclic) bond motifs is 2. The minimum atomic E-state index is -3.69. The lowest BCUT2D eigenvalue weighted by Gasteiger charge is -2.09. The molecule has 0 aliphatic rings. The number of imidazole rings is 1. The summed E-state index contributed by atoms with van der Waals surface area (Å²) in [6.07, 6.45) is 3.82. The highest BCUT2D eigenvalue weighted by atomic mass is 32.2. The Balaban J connectivity index is 1.41. The molecule has 0 aliphatic heterocycles. The molecule has 0 spiro atoms. The first-order valence-electron chi connectivity index (χ1n) is 9.42. The Labute approximate surface area is 173 Å². The summed E-state index contributed by atoms with van der Waals surface area (Å²) in [5.41, 5.74) is 3.05. The maximum Gasteiger partial charge on any atom is 0.261 e. The molecular formula is C23H18N4O2S. The molecule has 2 aromatic heterocycles. The fourth-order valence-corrected chi connectivity index (χ4v) is 4.45. The van der Waals surface area contributed by atoms with Crippen molar-refractivity contribution in [1.29, 1.82) is 0 Å². The lowest BCUT2D eigenvalue weighted by molar-refractivity contribution is 0.601. The third kappa shape index (κ3) is 3.40. The van der Waals surface area contributed by atoms with Gasteiger partial charge in [-0.1, -0.05) is 42.5 Å². The van der Waals surface area contributed by atoms with Crippen LogP contribution < -0.4 is 4.72 Å². The van der Waals surface area contributed by atoms with Crippen LogP contribution in [0.4, 0.5) is 5.69 Å². The van der Waals surface area contributed by atoms with Gasteiger partial charge in [0.25, 0.3) is 10.0 Å². The van der Waals surface area contributed by atoms with E-state index in [1.807, 2.05) is 72.2 Å². The molecule has 148 valence electrons. The van der Waals surface area contributed by atoms with Gasteiger partial charge in [-0.05, 0) is 48.0 Å². The van der Waals surface area contributed by atoms with Crippen molar-refractivity contribution >= 4 is 32.3 Å². The summed E-state index contributed by atoms with van der Waals surface area (Å²) >= 11 is 0. The standard InChI is InChI=1S/C23H18N4O2S/c1-16-12-13-27-15-22(25-23(27)24-16)18-6-9-20(10-7-18)26-30(28,29)21-11-8-17-4-2-3-5-19(17)14-21/h2-15,26H,1H3. The molecular weight excluding hydrogens is 396 g/mol. The van der Waals surface area contributed by atoms with Crippen molar-refractivity contribution in [1.82, 2.24) is 14.4 Å². The summed E-state index contributed by atoms with van der Waals surface area (Å²) in [6.45, 7) is 1.92. The molecule has 0 atom stereocenters. The van der Waals surface area contributed by atoms with Crippen molar-refractivity contribution in [3.8, 4) is 11.3 Å². The van der Waals surface area contributed by atoms with E-state index in [2.05, 4.69) is 14.7 Å². The summed E-state index contributed by atoms with van der Waals surface area (Å²) < 4.78 is 30.1. The van der Waals surface area contributed by atoms with Crippen molar-refractivity contribution in [2.24, 2.45) is 0 Å². The molecule has 5 rings (SSSR count). The number of benzene rings is 3. The molecule has 0 radical (unpaired) electrons. The van der Waals surface area contributed by atoms with Gasteiger partial charge in [0.05, 0.1) is 10.6 Å². The minimum absolute atomic E-state index is 0.229. The van der Waals surface area contributed by atoms with Crippen LogP contribution in [0, 0.1) is 6.92 Å². The van der Waals surface area contributed by atoms with Crippen molar-refractivity contribution < 1.29 is 8.42 Å². The van der Waals surface area contributed by atoms with Gasteiger partial charge in [-0.15, -0.1) is 0 Å². The van der Waals surface area contributed by atoms with Crippen molar-refractivity contribution in [3.05, 3.63) is 90.9 Å². The fraction of sp³-hybridized carbons (Fsp3) is 0.0435. The number of hydrogen-bond acceptors (Lipinski definition) is 4. The topological polar surface area (TPSA) is 76.4 Å². The maximum absolute atomic E-state index is 12.8. The van der Waals surface area contributed by atoms with E-state index in [1.165, 1.54) is 0 Å². The predicted octanol–water partition coefficient (Wildman–Crippen LogP) is 4.66. The molecule has 0 bridgehead atoms. The van der Waals surface area contributed by atoms with E-state index < -0.39 is 10.0 Å². The minimum Gasteiger partial charge on any atom is -0.291 e. The molecule has 2 heterocycles. The summed E-state index contributed by atoms with van der Waals surface area (Å²) in [4.78, 5) is 9.17. The maximum atomic E-state index is 12.8. The Hall–Kier alpha value is -3.71. The number of nitrogens with zero attached hydrogens (tertiary/aromatic N) is 3. The highest BCUT2D eigenvalue weighted by Gasteiger charge is 2.15. The Morgan fingerprint density at radius 2 is 1.63 bits per heavy atom. The number of anilines is 1. The Morgan fingerprint density at radius 3 is 2.43 bits per heavy atom. The van der Waals surface area contributed by atoms with Gasteiger partial charge >= 0.3 is 0 Å². The van der Waals surface area contributed by atoms with Crippen molar-refractivity contribution in [2.75, 3.05) is 4.72 Å². The Bertz CT molecular complexity index is 1490. The Morgan fingerprint density at radius 1 is 0.867 bits per heavy atom. The average Bonchev–Trinajstić information content (AvgIpc) is 3.17. The Kier molecular flexibility index (Phi) is 4.25. The zero-order chi connectivity index (χ0) is 20.7. The zero-order valence-electron chi connectivity index (χ0n) is 16.1. The van der Waals surface area contributed by atoms with Crippen LogP contribution in [0.25, 0.3) is 27.8 Å². The molecule has 7 heteroatoms. The number of nitrogens with one attached hydrogen (secondary N) is 1.